The van der Waals surface area contributed by atoms with Crippen molar-refractivity contribution in [1.29, 1.82) is 0 Å². The van der Waals surface area contributed by atoms with Crippen LogP contribution in [0.25, 0.3) is 0 Å². The third-order valence-corrected chi connectivity index (χ3v) is 6.95. The van der Waals surface area contributed by atoms with E-state index in [4.69, 9.17) is 18.9 Å². The minimum absolute atomic E-state index is 0.585. The van der Waals surface area contributed by atoms with Gasteiger partial charge in [-0.05, 0) is 41.0 Å². The summed E-state index contributed by atoms with van der Waals surface area (Å²) >= 11 is 0. The Morgan fingerprint density at radius 3 is 1.88 bits per heavy atom. The van der Waals surface area contributed by atoms with E-state index in [1.54, 1.807) is 14.2 Å². The molecule has 1 aromatic heterocycles. The van der Waals surface area contributed by atoms with E-state index >= 15 is 0 Å². The van der Waals surface area contributed by atoms with Crippen LogP contribution in [-0.2, 0) is 9.47 Å². The zero-order chi connectivity index (χ0) is 28.2. The summed E-state index contributed by atoms with van der Waals surface area (Å²) in [5, 5.41) is 22.1. The minimum Gasteiger partial charge on any atom is -0.497 e. The first-order valence-corrected chi connectivity index (χ1v) is 12.7. The normalized spacial score (nSPS) is 21.3. The topological polar surface area (TPSA) is 132 Å². The number of nitrogens with zero attached hydrogens (tertiary/aromatic N) is 1. The molecule has 208 valence electrons. The van der Waals surface area contributed by atoms with E-state index in [-0.39, 0.29) is 0 Å². The van der Waals surface area contributed by atoms with Crippen LogP contribution in [0.15, 0.2) is 101 Å². The molecule has 0 bridgehead atoms. The van der Waals surface area contributed by atoms with E-state index in [0.717, 1.165) is 21.8 Å². The Labute approximate surface area is 230 Å². The van der Waals surface area contributed by atoms with Crippen LogP contribution in [0.5, 0.6) is 11.5 Å². The molecule has 3 aromatic carbocycles. The molecule has 0 spiro atoms. The first-order chi connectivity index (χ1) is 19.4. The lowest BCUT2D eigenvalue weighted by molar-refractivity contribution is -0.125. The molecule has 0 aliphatic carbocycles. The van der Waals surface area contributed by atoms with E-state index < -0.39 is 48.0 Å². The first kappa shape index (κ1) is 27.4. The number of aliphatic hydroxyl groups is 2. The highest BCUT2D eigenvalue weighted by Gasteiger charge is 2.49. The van der Waals surface area contributed by atoms with Crippen molar-refractivity contribution in [3.8, 4) is 11.5 Å². The highest BCUT2D eigenvalue weighted by atomic mass is 16.6. The monoisotopic (exact) mass is 546 g/mol. The maximum atomic E-state index is 12.5. The molecular formula is C30H30N2O8. The van der Waals surface area contributed by atoms with Crippen LogP contribution in [0.1, 0.15) is 35.1 Å². The highest BCUT2D eigenvalue weighted by Crippen LogP contribution is 2.41. The van der Waals surface area contributed by atoms with Crippen molar-refractivity contribution in [2.24, 2.45) is 0 Å². The summed E-state index contributed by atoms with van der Waals surface area (Å²) in [5.74, 6) is 1.37. The average molecular weight is 547 g/mol. The number of methoxy groups -OCH3 is 2. The van der Waals surface area contributed by atoms with Crippen LogP contribution in [-0.4, -0.2) is 52.3 Å². The van der Waals surface area contributed by atoms with Gasteiger partial charge >= 0.3 is 5.69 Å². The third kappa shape index (κ3) is 5.56. The second-order valence-corrected chi connectivity index (χ2v) is 9.38. The van der Waals surface area contributed by atoms with Gasteiger partial charge in [-0.15, -0.1) is 0 Å². The van der Waals surface area contributed by atoms with E-state index in [2.05, 4.69) is 4.98 Å². The van der Waals surface area contributed by atoms with Gasteiger partial charge in [0.15, 0.2) is 6.23 Å². The fourth-order valence-electron chi connectivity index (χ4n) is 4.84. The number of ether oxygens (including phenoxy) is 4. The van der Waals surface area contributed by atoms with Gasteiger partial charge in [-0.1, -0.05) is 54.6 Å². The summed E-state index contributed by atoms with van der Waals surface area (Å²) < 4.78 is 24.6. The zero-order valence-electron chi connectivity index (χ0n) is 21.9. The summed E-state index contributed by atoms with van der Waals surface area (Å²) in [5.41, 5.74) is 0.969. The number of aromatic amines is 1. The van der Waals surface area contributed by atoms with Gasteiger partial charge in [-0.25, -0.2) is 4.79 Å². The van der Waals surface area contributed by atoms with Crippen LogP contribution in [0, 0.1) is 0 Å². The van der Waals surface area contributed by atoms with Gasteiger partial charge in [-0.2, -0.15) is 0 Å². The zero-order valence-corrected chi connectivity index (χ0v) is 21.9. The molecule has 1 aliphatic rings. The molecule has 1 fully saturated rings. The Kier molecular flexibility index (Phi) is 8.13. The lowest BCUT2D eigenvalue weighted by Crippen LogP contribution is -2.38. The molecule has 0 amide bonds. The minimum atomic E-state index is -1.47. The summed E-state index contributed by atoms with van der Waals surface area (Å²) in [6.45, 7) is 0. The predicted octanol–water partition coefficient (Wildman–Crippen LogP) is 2.72. The molecule has 5 rings (SSSR count). The Morgan fingerprint density at radius 2 is 1.35 bits per heavy atom. The summed E-state index contributed by atoms with van der Waals surface area (Å²) in [6, 6.07) is 25.2. The predicted molar refractivity (Wildman–Crippen MR) is 145 cm³/mol. The maximum Gasteiger partial charge on any atom is 0.330 e. The Balaban J connectivity index is 1.55. The summed E-state index contributed by atoms with van der Waals surface area (Å²) in [6.07, 6.45) is -5.47. The molecule has 5 atom stereocenters. The van der Waals surface area contributed by atoms with Crippen molar-refractivity contribution in [3.05, 3.63) is 129 Å². The van der Waals surface area contributed by atoms with Crippen LogP contribution in [0.4, 0.5) is 0 Å². The van der Waals surface area contributed by atoms with Crippen molar-refractivity contribution in [2.45, 2.75) is 36.7 Å². The fourth-order valence-corrected chi connectivity index (χ4v) is 4.84. The van der Waals surface area contributed by atoms with Gasteiger partial charge in [0.05, 0.1) is 14.2 Å². The average Bonchev–Trinajstić information content (AvgIpc) is 3.27. The quantitative estimate of drug-likeness (QED) is 0.292. The van der Waals surface area contributed by atoms with Gasteiger partial charge in [-0.3, -0.25) is 14.3 Å². The number of rotatable bonds is 9. The van der Waals surface area contributed by atoms with Gasteiger partial charge in [0.25, 0.3) is 5.56 Å². The van der Waals surface area contributed by atoms with Crippen molar-refractivity contribution in [1.82, 2.24) is 9.55 Å². The number of nitrogens with one attached hydrogen (secondary N) is 1. The first-order valence-electron chi connectivity index (χ1n) is 12.7. The molecule has 10 heteroatoms. The molecule has 3 N–H and O–H groups in total. The van der Waals surface area contributed by atoms with Gasteiger partial charge in [0.1, 0.15) is 42.0 Å². The Morgan fingerprint density at radius 1 is 0.775 bits per heavy atom. The maximum absolute atomic E-state index is 12.5. The second kappa shape index (κ2) is 11.9. The smallest absolute Gasteiger partial charge is 0.330 e. The fraction of sp³-hybridized carbons (Fsp3) is 0.267. The number of hydrogen-bond donors (Lipinski definition) is 3. The van der Waals surface area contributed by atoms with Crippen LogP contribution in [0.2, 0.25) is 0 Å². The SMILES string of the molecule is COc1ccc(C(OC(c2ccccc2)C2OC(n3ccc(=O)[nH]c3=O)C(O)C2O)c2ccc(OC)cc2)cc1. The van der Waals surface area contributed by atoms with E-state index in [1.165, 1.54) is 6.20 Å². The van der Waals surface area contributed by atoms with Gasteiger partial charge < -0.3 is 29.2 Å². The number of H-pyrrole nitrogens is 1. The lowest BCUT2D eigenvalue weighted by atomic mass is 9.96. The highest BCUT2D eigenvalue weighted by molar-refractivity contribution is 5.37. The van der Waals surface area contributed by atoms with Gasteiger partial charge in [0.2, 0.25) is 0 Å². The molecule has 0 radical (unpaired) electrons. The Hall–Kier alpha value is -4.22. The van der Waals surface area contributed by atoms with E-state index in [0.29, 0.717) is 17.1 Å². The molecule has 5 unspecified atom stereocenters. The van der Waals surface area contributed by atoms with Gasteiger partial charge in [0, 0.05) is 12.3 Å². The van der Waals surface area contributed by atoms with Crippen LogP contribution < -0.4 is 20.7 Å². The van der Waals surface area contributed by atoms with Crippen LogP contribution >= 0.6 is 0 Å². The van der Waals surface area contributed by atoms with Crippen molar-refractivity contribution < 1.29 is 29.2 Å². The number of hydrogen-bond acceptors (Lipinski definition) is 8. The van der Waals surface area contributed by atoms with Crippen molar-refractivity contribution in [2.75, 3.05) is 14.2 Å². The molecular weight excluding hydrogens is 516 g/mol. The molecule has 0 saturated carbocycles. The summed E-state index contributed by atoms with van der Waals surface area (Å²) in [7, 11) is 3.18. The molecule has 4 aromatic rings. The number of aromatic nitrogens is 2. The lowest BCUT2D eigenvalue weighted by Gasteiger charge is -2.31. The third-order valence-electron chi connectivity index (χ3n) is 6.95. The Bertz CT molecular complexity index is 1470. The van der Waals surface area contributed by atoms with Crippen molar-refractivity contribution in [3.63, 3.8) is 0 Å². The van der Waals surface area contributed by atoms with E-state index in [1.807, 2.05) is 78.9 Å². The molecule has 2 heterocycles. The number of aliphatic hydroxyl groups excluding tert-OH is 2. The van der Waals surface area contributed by atoms with Crippen LogP contribution in [0.3, 0.4) is 0 Å². The molecule has 1 aliphatic heterocycles. The second-order valence-electron chi connectivity index (χ2n) is 9.38. The largest absolute Gasteiger partial charge is 0.497 e. The molecule has 40 heavy (non-hydrogen) atoms. The van der Waals surface area contributed by atoms with Crippen molar-refractivity contribution >= 4 is 0 Å². The standard InChI is InChI=1S/C30H30N2O8/c1-37-21-12-8-19(9-13-21)26(20-10-14-22(38-2)15-11-20)39-27(18-6-4-3-5-7-18)28-24(34)25(35)29(40-28)32-17-16-23(33)31-30(32)36/h3-17,24-29,34-35H,1-2H3,(H,31,33,36). The molecule has 10 nitrogen and oxygen atoms in total. The summed E-state index contributed by atoms with van der Waals surface area (Å²) in [4.78, 5) is 26.2. The number of benzene rings is 3. The van der Waals surface area contributed by atoms with E-state index in [9.17, 15) is 19.8 Å². The molecule has 1 saturated heterocycles.